The third kappa shape index (κ3) is 4.65. The van der Waals surface area contributed by atoms with Gasteiger partial charge in [0.15, 0.2) is 0 Å². The van der Waals surface area contributed by atoms with E-state index in [-0.39, 0.29) is 5.41 Å². The fraction of sp³-hybridized carbons (Fsp3) is 0.319. The van der Waals surface area contributed by atoms with Gasteiger partial charge in [0.05, 0.1) is 5.69 Å². The van der Waals surface area contributed by atoms with Crippen LogP contribution >= 0.6 is 0 Å². The molecular formula is C47H47N. The molecule has 48 heavy (non-hydrogen) atoms. The molecule has 4 aromatic rings. The van der Waals surface area contributed by atoms with Crippen LogP contribution in [0.25, 0.3) is 27.6 Å². The van der Waals surface area contributed by atoms with Gasteiger partial charge in [-0.25, -0.2) is 0 Å². The number of nitrogens with zero attached hydrogens (tertiary/aromatic N) is 1. The molecule has 1 saturated carbocycles. The standard InChI is InChI=1S/C47H47N/c1-30-11-9-14-34(27-30)37-24-22-35(28-31(37)2)48(45-18-10-13-32-12-5-6-15-38(32)45)36-21-19-33-20-23-40-39(42(33)29-36)25-26-44-46(40)41-16-7-8-17-43(41)47(44,3)4/h5-6,8-10,12-15,17-27,29-31,41,43-44,46H,7,11,16,28H2,1-4H3. The molecule has 0 aromatic heterocycles. The Kier molecular flexibility index (Phi) is 7.05. The number of hydrogen-bond donors (Lipinski definition) is 0. The molecule has 0 aliphatic heterocycles. The fourth-order valence-corrected chi connectivity index (χ4v) is 10.2. The SMILES string of the molecule is CC1C=C(C2=CC=C(N(c3ccc4ccc5c(c4c3)C=CC3C5C4CCC=CC4C3(C)C)c3cccc4ccccc34)CC2C)C=CC1. The highest BCUT2D eigenvalue weighted by Crippen LogP contribution is 2.63. The smallest absolute Gasteiger partial charge is 0.0536 e. The summed E-state index contributed by atoms with van der Waals surface area (Å²) in [5, 5.41) is 5.27. The van der Waals surface area contributed by atoms with Crippen molar-refractivity contribution in [1.82, 2.24) is 0 Å². The van der Waals surface area contributed by atoms with E-state index in [2.05, 4.69) is 160 Å². The molecule has 1 fully saturated rings. The molecule has 6 unspecified atom stereocenters. The van der Waals surface area contributed by atoms with Crippen LogP contribution in [0.3, 0.4) is 0 Å². The van der Waals surface area contributed by atoms with Gasteiger partial charge in [-0.3, -0.25) is 0 Å². The summed E-state index contributed by atoms with van der Waals surface area (Å²) in [6, 6.07) is 27.7. The van der Waals surface area contributed by atoms with Crippen molar-refractivity contribution in [3.05, 3.63) is 149 Å². The van der Waals surface area contributed by atoms with E-state index < -0.39 is 0 Å². The summed E-state index contributed by atoms with van der Waals surface area (Å²) in [6.07, 6.45) is 26.7. The maximum atomic E-state index is 2.58. The molecule has 0 radical (unpaired) electrons. The lowest BCUT2D eigenvalue weighted by molar-refractivity contribution is 0.227. The molecule has 240 valence electrons. The molecule has 4 aromatic carbocycles. The Labute approximate surface area is 286 Å². The van der Waals surface area contributed by atoms with Gasteiger partial charge in [-0.1, -0.05) is 131 Å². The maximum Gasteiger partial charge on any atom is 0.0536 e. The Morgan fingerprint density at radius 1 is 0.771 bits per heavy atom. The van der Waals surface area contributed by atoms with Crippen LogP contribution in [0.15, 0.2) is 138 Å². The van der Waals surface area contributed by atoms with Gasteiger partial charge < -0.3 is 4.90 Å². The molecule has 0 saturated heterocycles. The van der Waals surface area contributed by atoms with Crippen molar-refractivity contribution in [2.75, 3.05) is 4.90 Å². The zero-order chi connectivity index (χ0) is 32.6. The van der Waals surface area contributed by atoms with Gasteiger partial charge in [0.25, 0.3) is 0 Å². The van der Waals surface area contributed by atoms with Gasteiger partial charge in [0, 0.05) is 16.8 Å². The van der Waals surface area contributed by atoms with Crippen LogP contribution in [0.4, 0.5) is 11.4 Å². The van der Waals surface area contributed by atoms with Gasteiger partial charge in [-0.15, -0.1) is 0 Å². The third-order valence-corrected chi connectivity index (χ3v) is 12.6. The van der Waals surface area contributed by atoms with E-state index in [0.717, 1.165) is 18.8 Å². The quantitative estimate of drug-likeness (QED) is 0.204. The van der Waals surface area contributed by atoms with Crippen LogP contribution in [0.5, 0.6) is 0 Å². The van der Waals surface area contributed by atoms with Crippen molar-refractivity contribution in [1.29, 1.82) is 0 Å². The number of anilines is 2. The number of benzene rings is 4. The lowest BCUT2D eigenvalue weighted by atomic mass is 9.70. The zero-order valence-corrected chi connectivity index (χ0v) is 28.9. The third-order valence-electron chi connectivity index (χ3n) is 12.6. The summed E-state index contributed by atoms with van der Waals surface area (Å²) in [5.74, 6) is 3.58. The maximum absolute atomic E-state index is 2.58. The highest BCUT2D eigenvalue weighted by molar-refractivity contribution is 6.00. The van der Waals surface area contributed by atoms with Crippen LogP contribution < -0.4 is 4.90 Å². The van der Waals surface area contributed by atoms with Crippen molar-refractivity contribution >= 4 is 39.0 Å². The van der Waals surface area contributed by atoms with E-state index in [1.165, 1.54) is 68.2 Å². The Hall–Kier alpha value is -4.36. The summed E-state index contributed by atoms with van der Waals surface area (Å²) in [4.78, 5) is 2.56. The molecule has 0 amide bonds. The summed E-state index contributed by atoms with van der Waals surface area (Å²) in [5.41, 5.74) is 10.0. The Morgan fingerprint density at radius 2 is 1.60 bits per heavy atom. The normalized spacial score (nSPS) is 28.4. The minimum absolute atomic E-state index is 0.278. The largest absolute Gasteiger partial charge is 0.314 e. The number of rotatable bonds is 4. The second-order valence-corrected chi connectivity index (χ2v) is 15.9. The molecular weight excluding hydrogens is 579 g/mol. The fourth-order valence-electron chi connectivity index (χ4n) is 10.2. The van der Waals surface area contributed by atoms with Crippen LogP contribution in [-0.4, -0.2) is 0 Å². The van der Waals surface area contributed by atoms with Crippen LogP contribution in [0.1, 0.15) is 70.4 Å². The molecule has 0 spiro atoms. The predicted molar refractivity (Wildman–Crippen MR) is 205 cm³/mol. The molecule has 9 rings (SSSR count). The zero-order valence-electron chi connectivity index (χ0n) is 28.9. The predicted octanol–water partition coefficient (Wildman–Crippen LogP) is 12.9. The van der Waals surface area contributed by atoms with E-state index >= 15 is 0 Å². The van der Waals surface area contributed by atoms with Gasteiger partial charge >= 0.3 is 0 Å². The first-order valence-corrected chi connectivity index (χ1v) is 18.4. The summed E-state index contributed by atoms with van der Waals surface area (Å²) in [6.45, 7) is 9.76. The Bertz CT molecular complexity index is 2120. The topological polar surface area (TPSA) is 3.24 Å². The average Bonchev–Trinajstić information content (AvgIpc) is 3.35. The van der Waals surface area contributed by atoms with Crippen molar-refractivity contribution in [3.63, 3.8) is 0 Å². The van der Waals surface area contributed by atoms with Crippen molar-refractivity contribution in [2.24, 2.45) is 35.0 Å². The molecule has 0 N–H and O–H groups in total. The number of fused-ring (bicyclic) bond motifs is 8. The lowest BCUT2D eigenvalue weighted by Gasteiger charge is -2.35. The van der Waals surface area contributed by atoms with Crippen molar-refractivity contribution in [3.8, 4) is 0 Å². The average molecular weight is 626 g/mol. The van der Waals surface area contributed by atoms with E-state index in [0.29, 0.717) is 29.6 Å². The van der Waals surface area contributed by atoms with E-state index in [9.17, 15) is 0 Å². The number of hydrogen-bond acceptors (Lipinski definition) is 1. The highest BCUT2D eigenvalue weighted by Gasteiger charge is 2.55. The highest BCUT2D eigenvalue weighted by atomic mass is 15.2. The lowest BCUT2D eigenvalue weighted by Crippen LogP contribution is -2.26. The first-order valence-electron chi connectivity index (χ1n) is 18.4. The van der Waals surface area contributed by atoms with Crippen LogP contribution in [0.2, 0.25) is 0 Å². The van der Waals surface area contributed by atoms with Crippen molar-refractivity contribution in [2.45, 2.75) is 59.3 Å². The Morgan fingerprint density at radius 3 is 2.48 bits per heavy atom. The molecule has 1 nitrogen and oxygen atoms in total. The van der Waals surface area contributed by atoms with Gasteiger partial charge in [0.2, 0.25) is 0 Å². The summed E-state index contributed by atoms with van der Waals surface area (Å²) >= 11 is 0. The molecule has 0 heterocycles. The molecule has 0 bridgehead atoms. The second-order valence-electron chi connectivity index (χ2n) is 15.9. The van der Waals surface area contributed by atoms with E-state index in [1.807, 2.05) is 0 Å². The summed E-state index contributed by atoms with van der Waals surface area (Å²) in [7, 11) is 0. The first-order chi connectivity index (χ1) is 23.4. The van der Waals surface area contributed by atoms with Gasteiger partial charge in [-0.05, 0) is 129 Å². The minimum Gasteiger partial charge on any atom is -0.314 e. The first kappa shape index (κ1) is 29.8. The van der Waals surface area contributed by atoms with Crippen LogP contribution in [-0.2, 0) is 0 Å². The monoisotopic (exact) mass is 625 g/mol. The molecule has 5 aliphatic carbocycles. The molecule has 5 aliphatic rings. The minimum atomic E-state index is 0.278. The Balaban J connectivity index is 1.20. The van der Waals surface area contributed by atoms with E-state index in [4.69, 9.17) is 0 Å². The summed E-state index contributed by atoms with van der Waals surface area (Å²) < 4.78 is 0. The molecule has 1 heteroatoms. The van der Waals surface area contributed by atoms with Gasteiger partial charge in [0.1, 0.15) is 0 Å². The van der Waals surface area contributed by atoms with Gasteiger partial charge in [-0.2, -0.15) is 0 Å². The molecule has 6 atom stereocenters. The number of allylic oxidation sites excluding steroid dienone is 11. The van der Waals surface area contributed by atoms with Crippen LogP contribution in [0, 0.1) is 35.0 Å². The van der Waals surface area contributed by atoms with E-state index in [1.54, 1.807) is 5.56 Å². The van der Waals surface area contributed by atoms with Crippen molar-refractivity contribution < 1.29 is 0 Å². The second kappa shape index (κ2) is 11.4.